The van der Waals surface area contributed by atoms with Gasteiger partial charge >= 0.3 is 6.18 Å². The summed E-state index contributed by atoms with van der Waals surface area (Å²) in [5.74, 6) is -0.0453. The Kier molecular flexibility index (Phi) is 5.26. The molecular weight excluding hydrogens is 411 g/mol. The first-order valence-electron chi connectivity index (χ1n) is 10.2. The van der Waals surface area contributed by atoms with Crippen molar-refractivity contribution < 1.29 is 13.2 Å². The third-order valence-corrected chi connectivity index (χ3v) is 6.24. The van der Waals surface area contributed by atoms with Crippen LogP contribution in [0.2, 0.25) is 0 Å². The van der Waals surface area contributed by atoms with E-state index in [0.29, 0.717) is 0 Å². The Labute approximate surface area is 178 Å². The van der Waals surface area contributed by atoms with Gasteiger partial charge in [-0.15, -0.1) is 5.10 Å². The van der Waals surface area contributed by atoms with Crippen LogP contribution in [0.1, 0.15) is 44.7 Å². The van der Waals surface area contributed by atoms with E-state index in [2.05, 4.69) is 49.6 Å². The number of aromatic nitrogens is 5. The molecule has 1 aliphatic carbocycles. The van der Waals surface area contributed by atoms with Crippen molar-refractivity contribution in [3.8, 4) is 0 Å². The van der Waals surface area contributed by atoms with Gasteiger partial charge in [0.1, 0.15) is 11.4 Å². The van der Waals surface area contributed by atoms with Crippen molar-refractivity contribution in [1.82, 2.24) is 30.0 Å². The Balaban J connectivity index is 1.52. The Morgan fingerprint density at radius 2 is 1.97 bits per heavy atom. The van der Waals surface area contributed by atoms with Crippen LogP contribution in [0.5, 0.6) is 0 Å². The van der Waals surface area contributed by atoms with Crippen LogP contribution in [-0.2, 0) is 6.18 Å². The van der Waals surface area contributed by atoms with Gasteiger partial charge < -0.3 is 10.2 Å². The molecule has 3 atom stereocenters. The minimum atomic E-state index is -4.52. The standard InChI is InChI=1S/C19H26F3N9/c1-18(2)15(29(4)17-24-10-14(19(20,21)22)16(23-3)27-17)11-26-31(18)13-6-5-12(9-13)30-8-7-25-28-30/h7-8,10-13,15H,5-6,9H2,1-4H3,(H,23,24,27)/t12-,13?,15?/m0/s1. The highest BCUT2D eigenvalue weighted by molar-refractivity contribution is 5.73. The molecule has 2 aliphatic rings. The van der Waals surface area contributed by atoms with Crippen LogP contribution in [0, 0.1) is 0 Å². The van der Waals surface area contributed by atoms with Crippen molar-refractivity contribution in [3.63, 3.8) is 0 Å². The number of rotatable bonds is 5. The topological polar surface area (TPSA) is 87.4 Å². The molecule has 4 rings (SSSR count). The van der Waals surface area contributed by atoms with Gasteiger partial charge in [-0.05, 0) is 33.1 Å². The molecule has 1 fully saturated rings. The lowest BCUT2D eigenvalue weighted by Gasteiger charge is -2.42. The first kappa shape index (κ1) is 21.3. The second-order valence-electron chi connectivity index (χ2n) is 8.50. The molecule has 168 valence electrons. The number of hydrazone groups is 1. The molecule has 9 nitrogen and oxygen atoms in total. The van der Waals surface area contributed by atoms with E-state index >= 15 is 0 Å². The molecule has 0 amide bonds. The van der Waals surface area contributed by atoms with E-state index < -0.39 is 17.3 Å². The van der Waals surface area contributed by atoms with Crippen LogP contribution in [-0.4, -0.2) is 67.9 Å². The number of anilines is 2. The van der Waals surface area contributed by atoms with Gasteiger partial charge in [0.05, 0.1) is 23.8 Å². The van der Waals surface area contributed by atoms with E-state index in [1.54, 1.807) is 18.1 Å². The number of nitrogens with zero attached hydrogens (tertiary/aromatic N) is 8. The molecule has 0 radical (unpaired) electrons. The lowest BCUT2D eigenvalue weighted by Crippen LogP contribution is -2.55. The molecule has 0 spiro atoms. The molecule has 1 N–H and O–H groups in total. The molecule has 2 aromatic rings. The fourth-order valence-corrected chi connectivity index (χ4v) is 4.61. The van der Waals surface area contributed by atoms with Gasteiger partial charge in [0.25, 0.3) is 0 Å². The van der Waals surface area contributed by atoms with Crippen molar-refractivity contribution in [2.45, 2.75) is 63.0 Å². The molecule has 31 heavy (non-hydrogen) atoms. The molecule has 3 heterocycles. The molecule has 0 saturated heterocycles. The number of hydrogen-bond acceptors (Lipinski definition) is 8. The van der Waals surface area contributed by atoms with Crippen LogP contribution < -0.4 is 10.2 Å². The summed E-state index contributed by atoms with van der Waals surface area (Å²) in [6, 6.07) is 0.311. The number of halogens is 3. The summed E-state index contributed by atoms with van der Waals surface area (Å²) in [6.45, 7) is 4.15. The van der Waals surface area contributed by atoms with Gasteiger partial charge in [0.2, 0.25) is 5.95 Å². The highest BCUT2D eigenvalue weighted by atomic mass is 19.4. The summed E-state index contributed by atoms with van der Waals surface area (Å²) < 4.78 is 41.4. The molecule has 2 aromatic heterocycles. The summed E-state index contributed by atoms with van der Waals surface area (Å²) in [4.78, 5) is 9.88. The van der Waals surface area contributed by atoms with Crippen molar-refractivity contribution in [2.24, 2.45) is 5.10 Å². The minimum absolute atomic E-state index is 0.204. The van der Waals surface area contributed by atoms with E-state index in [4.69, 9.17) is 0 Å². The quantitative estimate of drug-likeness (QED) is 0.770. The van der Waals surface area contributed by atoms with Crippen molar-refractivity contribution in [1.29, 1.82) is 0 Å². The summed E-state index contributed by atoms with van der Waals surface area (Å²) >= 11 is 0. The van der Waals surface area contributed by atoms with Crippen LogP contribution in [0.25, 0.3) is 0 Å². The van der Waals surface area contributed by atoms with Crippen LogP contribution in [0.4, 0.5) is 24.9 Å². The summed E-state index contributed by atoms with van der Waals surface area (Å²) in [6.07, 6.45) is 4.55. The maximum atomic E-state index is 13.2. The Bertz CT molecular complexity index is 942. The molecule has 1 aliphatic heterocycles. The average molecular weight is 437 g/mol. The summed E-state index contributed by atoms with van der Waals surface area (Å²) in [7, 11) is 3.19. The predicted octanol–water partition coefficient (Wildman–Crippen LogP) is 2.81. The Hall–Kier alpha value is -2.92. The Morgan fingerprint density at radius 3 is 2.61 bits per heavy atom. The maximum Gasteiger partial charge on any atom is 0.421 e. The smallest absolute Gasteiger partial charge is 0.372 e. The maximum absolute atomic E-state index is 13.2. The highest BCUT2D eigenvalue weighted by Gasteiger charge is 2.47. The third kappa shape index (κ3) is 3.79. The molecule has 12 heteroatoms. The SMILES string of the molecule is CNc1nc(N(C)C2C=NN(C3CC[C@H](n4ccnn4)C3)C2(C)C)ncc1C(F)(F)F. The van der Waals surface area contributed by atoms with E-state index in [0.717, 1.165) is 25.5 Å². The van der Waals surface area contributed by atoms with Gasteiger partial charge in [0.15, 0.2) is 0 Å². The number of alkyl halides is 3. The van der Waals surface area contributed by atoms with Crippen LogP contribution in [0.15, 0.2) is 23.7 Å². The lowest BCUT2D eigenvalue weighted by atomic mass is 9.93. The third-order valence-electron chi connectivity index (χ3n) is 6.24. The zero-order valence-electron chi connectivity index (χ0n) is 17.9. The van der Waals surface area contributed by atoms with Crippen molar-refractivity contribution in [2.75, 3.05) is 24.3 Å². The zero-order valence-corrected chi connectivity index (χ0v) is 17.9. The molecule has 0 bridgehead atoms. The molecule has 0 aromatic carbocycles. The second-order valence-corrected chi connectivity index (χ2v) is 8.50. The molecule has 2 unspecified atom stereocenters. The van der Waals surface area contributed by atoms with E-state index in [-0.39, 0.29) is 29.9 Å². The lowest BCUT2D eigenvalue weighted by molar-refractivity contribution is -0.137. The largest absolute Gasteiger partial charge is 0.421 e. The fourth-order valence-electron chi connectivity index (χ4n) is 4.61. The second kappa shape index (κ2) is 7.65. The predicted molar refractivity (Wildman–Crippen MR) is 110 cm³/mol. The van der Waals surface area contributed by atoms with E-state index in [1.807, 2.05) is 17.1 Å². The first-order chi connectivity index (χ1) is 14.6. The summed E-state index contributed by atoms with van der Waals surface area (Å²) in [5.41, 5.74) is -1.29. The van der Waals surface area contributed by atoms with Crippen molar-refractivity contribution >= 4 is 18.0 Å². The average Bonchev–Trinajstić information content (AvgIpc) is 3.45. The van der Waals surface area contributed by atoms with Crippen LogP contribution >= 0.6 is 0 Å². The van der Waals surface area contributed by atoms with Gasteiger partial charge in [0, 0.05) is 38.7 Å². The molecular formula is C19H26F3N9. The van der Waals surface area contributed by atoms with Gasteiger partial charge in [-0.2, -0.15) is 23.3 Å². The van der Waals surface area contributed by atoms with Crippen LogP contribution in [0.3, 0.4) is 0 Å². The normalized spacial score (nSPS) is 25.3. The zero-order chi connectivity index (χ0) is 22.4. The monoisotopic (exact) mass is 437 g/mol. The number of likely N-dealkylation sites (N-methyl/N-ethyl adjacent to an activating group) is 1. The first-order valence-corrected chi connectivity index (χ1v) is 10.2. The summed E-state index contributed by atoms with van der Waals surface area (Å²) in [5, 5.41) is 17.3. The van der Waals surface area contributed by atoms with Gasteiger partial charge in [-0.3, -0.25) is 5.01 Å². The van der Waals surface area contributed by atoms with E-state index in [9.17, 15) is 13.2 Å². The van der Waals surface area contributed by atoms with Gasteiger partial charge in [-0.25, -0.2) is 9.67 Å². The number of hydrogen-bond donors (Lipinski definition) is 1. The molecule has 1 saturated carbocycles. The van der Waals surface area contributed by atoms with Crippen molar-refractivity contribution in [3.05, 3.63) is 24.2 Å². The number of nitrogens with one attached hydrogen (secondary N) is 1. The fraction of sp³-hybridized carbons (Fsp3) is 0.632. The van der Waals surface area contributed by atoms with Gasteiger partial charge in [-0.1, -0.05) is 5.21 Å². The minimum Gasteiger partial charge on any atom is -0.372 e. The van der Waals surface area contributed by atoms with E-state index in [1.165, 1.54) is 7.05 Å². The highest BCUT2D eigenvalue weighted by Crippen LogP contribution is 2.40. The Morgan fingerprint density at radius 1 is 1.23 bits per heavy atom.